The summed E-state index contributed by atoms with van der Waals surface area (Å²) in [6, 6.07) is 11.7. The van der Waals surface area contributed by atoms with E-state index in [1.165, 1.54) is 0 Å². The summed E-state index contributed by atoms with van der Waals surface area (Å²) in [6.07, 6.45) is 0.743. The molecule has 2 aromatic rings. The molecule has 132 valence electrons. The summed E-state index contributed by atoms with van der Waals surface area (Å²) < 4.78 is 5.05. The number of carbonyl (C=O) groups is 1. The Morgan fingerprint density at radius 2 is 1.88 bits per heavy atom. The zero-order chi connectivity index (χ0) is 19.1. The summed E-state index contributed by atoms with van der Waals surface area (Å²) >= 11 is 1.13. The van der Waals surface area contributed by atoms with Crippen LogP contribution in [0.5, 0.6) is 0 Å². The fourth-order valence-electron chi connectivity index (χ4n) is 2.35. The van der Waals surface area contributed by atoms with Gasteiger partial charge >= 0.3 is 5.97 Å². The number of aryl methyl sites for hydroxylation is 1. The number of nitrogen functional groups attached to an aromatic ring is 1. The van der Waals surface area contributed by atoms with Crippen LogP contribution in [0.15, 0.2) is 29.3 Å². The van der Waals surface area contributed by atoms with Crippen molar-refractivity contribution in [3.05, 3.63) is 41.0 Å². The van der Waals surface area contributed by atoms with Crippen LogP contribution in [0.4, 0.5) is 5.82 Å². The smallest absolute Gasteiger partial charge is 0.316 e. The number of aromatic nitrogens is 1. The zero-order valence-corrected chi connectivity index (χ0v) is 15.4. The summed E-state index contributed by atoms with van der Waals surface area (Å²) in [5.41, 5.74) is 8.74. The molecule has 7 heteroatoms. The minimum atomic E-state index is -0.367. The van der Waals surface area contributed by atoms with E-state index >= 15 is 0 Å². The fourth-order valence-corrected chi connectivity index (χ4v) is 3.17. The monoisotopic (exact) mass is 367 g/mol. The first-order valence-corrected chi connectivity index (χ1v) is 9.04. The van der Waals surface area contributed by atoms with Crippen molar-refractivity contribution in [3.8, 4) is 23.3 Å². The van der Waals surface area contributed by atoms with Crippen molar-refractivity contribution in [1.82, 2.24) is 0 Å². The van der Waals surface area contributed by atoms with E-state index in [9.17, 15) is 15.3 Å². The molecule has 0 aliphatic rings. The molecule has 2 rings (SSSR count). The molecule has 0 aliphatic heterocycles. The number of H-pyrrole nitrogens is 1. The van der Waals surface area contributed by atoms with Crippen LogP contribution in [0, 0.1) is 29.6 Å². The number of nitriles is 2. The third kappa shape index (κ3) is 4.33. The number of ether oxygens (including phenoxy) is 1. The third-order valence-electron chi connectivity index (χ3n) is 3.61. The lowest BCUT2D eigenvalue weighted by Crippen LogP contribution is -2.20. The van der Waals surface area contributed by atoms with E-state index < -0.39 is 0 Å². The van der Waals surface area contributed by atoms with Gasteiger partial charge in [-0.05, 0) is 18.9 Å². The number of rotatable bonds is 6. The Morgan fingerprint density at radius 1 is 1.23 bits per heavy atom. The van der Waals surface area contributed by atoms with Crippen molar-refractivity contribution < 1.29 is 14.5 Å². The van der Waals surface area contributed by atoms with Crippen molar-refractivity contribution in [2.24, 2.45) is 0 Å². The molecule has 3 N–H and O–H groups in total. The number of nitrogens with one attached hydrogen (secondary N) is 1. The van der Waals surface area contributed by atoms with Gasteiger partial charge in [0, 0.05) is 5.56 Å². The minimum Gasteiger partial charge on any atom is -0.465 e. The highest BCUT2D eigenvalue weighted by molar-refractivity contribution is 7.99. The molecule has 0 spiro atoms. The standard InChI is InChI=1S/C19H18N4O2S/c1-3-8-25-16(24)11-26-19-15(10-21)17(14(9-20)18(22)23-19)13-6-4-12(2)5-7-13/h4-7H,3,8,11H2,1-2H3,(H2,22,23)/p+1. The molecule has 26 heavy (non-hydrogen) atoms. The van der Waals surface area contributed by atoms with Crippen LogP contribution in [0.2, 0.25) is 0 Å². The second-order valence-electron chi connectivity index (χ2n) is 5.59. The lowest BCUT2D eigenvalue weighted by molar-refractivity contribution is -0.410. The van der Waals surface area contributed by atoms with E-state index in [1.807, 2.05) is 38.1 Å². The number of pyridine rings is 1. The number of thioether (sulfide) groups is 1. The quantitative estimate of drug-likeness (QED) is 0.620. The van der Waals surface area contributed by atoms with E-state index in [2.05, 4.69) is 17.1 Å². The highest BCUT2D eigenvalue weighted by Gasteiger charge is 2.24. The predicted molar refractivity (Wildman–Crippen MR) is 99.0 cm³/mol. The molecule has 0 radical (unpaired) electrons. The first-order chi connectivity index (χ1) is 12.5. The summed E-state index contributed by atoms with van der Waals surface area (Å²) in [5.74, 6) is -0.162. The van der Waals surface area contributed by atoms with Gasteiger partial charge in [0.2, 0.25) is 0 Å². The van der Waals surface area contributed by atoms with Crippen LogP contribution in [-0.2, 0) is 9.53 Å². The van der Waals surface area contributed by atoms with Gasteiger partial charge in [0.05, 0.1) is 12.4 Å². The molecular weight excluding hydrogens is 348 g/mol. The molecule has 0 saturated heterocycles. The van der Waals surface area contributed by atoms with E-state index in [0.717, 1.165) is 29.3 Å². The topological polar surface area (TPSA) is 114 Å². The Labute approximate surface area is 156 Å². The summed E-state index contributed by atoms with van der Waals surface area (Å²) in [6.45, 7) is 4.23. The van der Waals surface area contributed by atoms with Crippen LogP contribution in [0.3, 0.4) is 0 Å². The van der Waals surface area contributed by atoms with Crippen molar-refractivity contribution in [2.75, 3.05) is 18.1 Å². The van der Waals surface area contributed by atoms with Crippen molar-refractivity contribution in [1.29, 1.82) is 10.5 Å². The Kier molecular flexibility index (Phi) is 6.60. The molecule has 0 saturated carbocycles. The van der Waals surface area contributed by atoms with Gasteiger partial charge in [0.15, 0.2) is 5.03 Å². The van der Waals surface area contributed by atoms with Crippen LogP contribution in [-0.4, -0.2) is 18.3 Å². The lowest BCUT2D eigenvalue weighted by atomic mass is 9.96. The van der Waals surface area contributed by atoms with Crippen LogP contribution in [0.1, 0.15) is 30.0 Å². The summed E-state index contributed by atoms with van der Waals surface area (Å²) in [4.78, 5) is 14.6. The minimum absolute atomic E-state index is 0.0455. The second-order valence-corrected chi connectivity index (χ2v) is 6.58. The van der Waals surface area contributed by atoms with Gasteiger partial charge in [-0.2, -0.15) is 10.5 Å². The fraction of sp³-hybridized carbons (Fsp3) is 0.263. The lowest BCUT2D eigenvalue weighted by Gasteiger charge is -2.10. The van der Waals surface area contributed by atoms with Crippen LogP contribution >= 0.6 is 11.8 Å². The number of hydrogen-bond acceptors (Lipinski definition) is 6. The van der Waals surface area contributed by atoms with Gasteiger partial charge in [-0.1, -0.05) is 48.5 Å². The van der Waals surface area contributed by atoms with Gasteiger partial charge in [0.25, 0.3) is 5.82 Å². The number of nitrogens with two attached hydrogens (primary N) is 1. The number of hydrogen-bond donors (Lipinski definition) is 1. The van der Waals surface area contributed by atoms with Gasteiger partial charge in [-0.3, -0.25) is 10.5 Å². The highest BCUT2D eigenvalue weighted by Crippen LogP contribution is 2.33. The Bertz CT molecular complexity index is 896. The molecule has 0 fully saturated rings. The Morgan fingerprint density at radius 3 is 2.46 bits per heavy atom. The molecule has 1 aromatic heterocycles. The van der Waals surface area contributed by atoms with Crippen molar-refractivity contribution in [3.63, 3.8) is 0 Å². The van der Waals surface area contributed by atoms with Gasteiger partial charge in [-0.25, -0.2) is 4.98 Å². The van der Waals surface area contributed by atoms with Crippen molar-refractivity contribution >= 4 is 23.5 Å². The maximum Gasteiger partial charge on any atom is 0.316 e. The largest absolute Gasteiger partial charge is 0.465 e. The molecule has 0 unspecified atom stereocenters. The number of carbonyl (C=O) groups excluding carboxylic acids is 1. The van der Waals surface area contributed by atoms with Crippen LogP contribution < -0.4 is 10.7 Å². The van der Waals surface area contributed by atoms with E-state index in [-0.39, 0.29) is 28.7 Å². The van der Waals surface area contributed by atoms with E-state index in [4.69, 9.17) is 10.5 Å². The van der Waals surface area contributed by atoms with Crippen molar-refractivity contribution in [2.45, 2.75) is 25.3 Å². The first kappa shape index (κ1) is 19.3. The number of anilines is 1. The molecule has 6 nitrogen and oxygen atoms in total. The summed E-state index contributed by atoms with van der Waals surface area (Å²) in [7, 11) is 0. The summed E-state index contributed by atoms with van der Waals surface area (Å²) in [5, 5.41) is 19.6. The van der Waals surface area contributed by atoms with E-state index in [1.54, 1.807) is 0 Å². The maximum absolute atomic E-state index is 11.8. The molecule has 1 heterocycles. The van der Waals surface area contributed by atoms with Gasteiger partial charge < -0.3 is 4.74 Å². The number of aromatic amines is 1. The number of esters is 1. The zero-order valence-electron chi connectivity index (χ0n) is 14.6. The third-order valence-corrected chi connectivity index (χ3v) is 4.58. The molecule has 0 amide bonds. The van der Waals surface area contributed by atoms with E-state index in [0.29, 0.717) is 17.2 Å². The molecule has 1 aromatic carbocycles. The van der Waals surface area contributed by atoms with Gasteiger partial charge in [-0.15, -0.1) is 0 Å². The average Bonchev–Trinajstić information content (AvgIpc) is 2.64. The normalized spacial score (nSPS) is 10.0. The maximum atomic E-state index is 11.8. The first-order valence-electron chi connectivity index (χ1n) is 8.06. The molecule has 0 atom stereocenters. The molecular formula is C19H19N4O2S+. The van der Waals surface area contributed by atoms with Crippen LogP contribution in [0.25, 0.3) is 11.1 Å². The predicted octanol–water partition coefficient (Wildman–Crippen LogP) is 2.85. The molecule has 0 aliphatic carbocycles. The Balaban J connectivity index is 2.48. The van der Waals surface area contributed by atoms with Gasteiger partial charge in [0.1, 0.15) is 23.3 Å². The SMILES string of the molecule is CCCOC(=O)CSc1[nH+]c(N)c(C#N)c(-c2ccc(C)cc2)c1C#N. The Hall–Kier alpha value is -3.03. The molecule has 0 bridgehead atoms. The highest BCUT2D eigenvalue weighted by atomic mass is 32.2. The number of benzene rings is 1. The number of nitrogens with zero attached hydrogens (tertiary/aromatic N) is 2. The average molecular weight is 367 g/mol. The second kappa shape index (κ2) is 8.89.